The molecule has 2 amide bonds. The summed E-state index contributed by atoms with van der Waals surface area (Å²) in [5.74, 6) is 1.67. The minimum atomic E-state index is -3.00. The predicted molar refractivity (Wildman–Crippen MR) is 101 cm³/mol. The van der Waals surface area contributed by atoms with Gasteiger partial charge in [-0.15, -0.1) is 0 Å². The molecule has 0 spiro atoms. The van der Waals surface area contributed by atoms with Crippen LogP contribution in [0.1, 0.15) is 18.3 Å². The van der Waals surface area contributed by atoms with Gasteiger partial charge in [0.1, 0.15) is 5.82 Å². The van der Waals surface area contributed by atoms with Crippen LogP contribution >= 0.6 is 11.8 Å². The zero-order valence-corrected chi connectivity index (χ0v) is 15.7. The quantitative estimate of drug-likeness (QED) is 0.822. The van der Waals surface area contributed by atoms with Gasteiger partial charge in [-0.05, 0) is 30.6 Å². The third-order valence-corrected chi connectivity index (χ3v) is 6.53. The number of para-hydroxylation sites is 2. The number of imidazole rings is 1. The van der Waals surface area contributed by atoms with Gasteiger partial charge in [-0.3, -0.25) is 0 Å². The second-order valence-electron chi connectivity index (χ2n) is 6.06. The van der Waals surface area contributed by atoms with Crippen molar-refractivity contribution in [2.45, 2.75) is 12.5 Å². The minimum absolute atomic E-state index is 0.0283. The van der Waals surface area contributed by atoms with Crippen LogP contribution in [0.5, 0.6) is 0 Å². The first kappa shape index (κ1) is 18.1. The molecule has 2 heterocycles. The maximum Gasteiger partial charge on any atom is 0.318 e. The molecule has 7 nitrogen and oxygen atoms in total. The normalized spacial score (nSPS) is 18.2. The van der Waals surface area contributed by atoms with Crippen molar-refractivity contribution in [3.05, 3.63) is 30.1 Å². The molecule has 0 radical (unpaired) electrons. The first-order valence-electron chi connectivity index (χ1n) is 8.18. The topological polar surface area (TPSA) is 95.2 Å². The van der Waals surface area contributed by atoms with Crippen LogP contribution in [0.25, 0.3) is 11.0 Å². The van der Waals surface area contributed by atoms with Gasteiger partial charge in [-0.2, -0.15) is 11.8 Å². The Morgan fingerprint density at radius 1 is 1.36 bits per heavy atom. The number of rotatable bonds is 5. The molecule has 1 atom stereocenters. The second-order valence-corrected chi connectivity index (χ2v) is 9.35. The predicted octanol–water partition coefficient (Wildman–Crippen LogP) is 1.80. The fourth-order valence-electron chi connectivity index (χ4n) is 2.81. The Kier molecular flexibility index (Phi) is 5.53. The average molecular weight is 383 g/mol. The first-order chi connectivity index (χ1) is 12.0. The summed E-state index contributed by atoms with van der Waals surface area (Å²) in [4.78, 5) is 22.0. The van der Waals surface area contributed by atoms with E-state index in [1.807, 2.05) is 30.5 Å². The number of thioether (sulfide) groups is 1. The Bertz CT molecular complexity index is 803. The highest BCUT2D eigenvalue weighted by Gasteiger charge is 2.27. The summed E-state index contributed by atoms with van der Waals surface area (Å²) in [6.45, 7) is 0.479. The molecule has 9 heteroatoms. The summed E-state index contributed by atoms with van der Waals surface area (Å²) in [6.07, 6.45) is 2.77. The van der Waals surface area contributed by atoms with Crippen LogP contribution in [0.15, 0.2) is 24.3 Å². The maximum atomic E-state index is 12.5. The third kappa shape index (κ3) is 4.46. The monoisotopic (exact) mass is 382 g/mol. The first-order valence-corrected chi connectivity index (χ1v) is 11.4. The number of hydrogen-bond donors (Lipinski definition) is 2. The summed E-state index contributed by atoms with van der Waals surface area (Å²) in [5, 5.41) is 3.01. The molecule has 2 aromatic rings. The molecule has 1 fully saturated rings. The van der Waals surface area contributed by atoms with Crippen molar-refractivity contribution in [2.75, 3.05) is 36.6 Å². The molecule has 0 aliphatic carbocycles. The number of urea groups is 1. The summed E-state index contributed by atoms with van der Waals surface area (Å²) in [6, 6.07) is 7.28. The number of sulfone groups is 1. The molecule has 2 N–H and O–H groups in total. The van der Waals surface area contributed by atoms with E-state index in [-0.39, 0.29) is 36.7 Å². The highest BCUT2D eigenvalue weighted by molar-refractivity contribution is 7.98. The number of aromatic nitrogens is 2. The van der Waals surface area contributed by atoms with E-state index >= 15 is 0 Å². The molecule has 1 aliphatic rings. The summed E-state index contributed by atoms with van der Waals surface area (Å²) in [7, 11) is -3.00. The number of H-pyrrole nitrogens is 1. The van der Waals surface area contributed by atoms with Crippen molar-refractivity contribution in [3.63, 3.8) is 0 Å². The lowest BCUT2D eigenvalue weighted by atomic mass is 10.2. The molecule has 0 saturated carbocycles. The summed E-state index contributed by atoms with van der Waals surface area (Å²) >= 11 is 1.71. The maximum absolute atomic E-state index is 12.5. The molecule has 3 rings (SSSR count). The highest BCUT2D eigenvalue weighted by Crippen LogP contribution is 2.20. The number of aromatic amines is 1. The molecule has 1 saturated heterocycles. The molecule has 1 aromatic carbocycles. The number of benzene rings is 1. The van der Waals surface area contributed by atoms with Crippen LogP contribution in [0.2, 0.25) is 0 Å². The Hall–Kier alpha value is -1.74. The van der Waals surface area contributed by atoms with Gasteiger partial charge in [-0.25, -0.2) is 18.2 Å². The van der Waals surface area contributed by atoms with Gasteiger partial charge < -0.3 is 15.2 Å². The molecule has 0 bridgehead atoms. The standard InChI is InChI=1S/C16H22N4O3S2/c1-24-9-6-14(15-17-12-4-2-3-5-13(12)18-15)19-16(21)20-7-10-25(22,23)11-8-20/h2-5,14H,6-11H2,1H3,(H,17,18)(H,19,21)/t14-/m1/s1. The van der Waals surface area contributed by atoms with Crippen LogP contribution in [-0.2, 0) is 9.84 Å². The summed E-state index contributed by atoms with van der Waals surface area (Å²) < 4.78 is 23.1. The number of carbonyl (C=O) groups excluding carboxylic acids is 1. The third-order valence-electron chi connectivity index (χ3n) is 4.28. The second kappa shape index (κ2) is 7.65. The Morgan fingerprint density at radius 2 is 2.08 bits per heavy atom. The number of nitrogens with zero attached hydrogens (tertiary/aromatic N) is 2. The van der Waals surface area contributed by atoms with E-state index in [0.29, 0.717) is 0 Å². The molecule has 25 heavy (non-hydrogen) atoms. The van der Waals surface area contributed by atoms with E-state index in [0.717, 1.165) is 29.0 Å². The average Bonchev–Trinajstić information content (AvgIpc) is 3.02. The van der Waals surface area contributed by atoms with Crippen molar-refractivity contribution >= 4 is 38.7 Å². The van der Waals surface area contributed by atoms with Crippen LogP contribution in [0.3, 0.4) is 0 Å². The molecular formula is C16H22N4O3S2. The molecule has 0 unspecified atom stereocenters. The van der Waals surface area contributed by atoms with Gasteiger partial charge in [0.15, 0.2) is 9.84 Å². The van der Waals surface area contributed by atoms with E-state index in [1.165, 1.54) is 0 Å². The Balaban J connectivity index is 1.73. The Morgan fingerprint density at radius 3 is 2.76 bits per heavy atom. The lowest BCUT2D eigenvalue weighted by molar-refractivity contribution is 0.197. The number of carbonyl (C=O) groups is 1. The van der Waals surface area contributed by atoms with Crippen LogP contribution in [-0.4, -0.2) is 65.9 Å². The molecule has 1 aromatic heterocycles. The lowest BCUT2D eigenvalue weighted by Crippen LogP contribution is -2.49. The van der Waals surface area contributed by atoms with Crippen molar-refractivity contribution in [1.29, 1.82) is 0 Å². The van der Waals surface area contributed by atoms with Gasteiger partial charge in [0, 0.05) is 13.1 Å². The van der Waals surface area contributed by atoms with E-state index in [9.17, 15) is 13.2 Å². The number of hydrogen-bond acceptors (Lipinski definition) is 5. The van der Waals surface area contributed by atoms with Gasteiger partial charge in [0.2, 0.25) is 0 Å². The molecule has 136 valence electrons. The van der Waals surface area contributed by atoms with E-state index in [2.05, 4.69) is 15.3 Å². The largest absolute Gasteiger partial charge is 0.340 e. The van der Waals surface area contributed by atoms with Gasteiger partial charge in [-0.1, -0.05) is 12.1 Å². The minimum Gasteiger partial charge on any atom is -0.340 e. The van der Waals surface area contributed by atoms with E-state index < -0.39 is 9.84 Å². The van der Waals surface area contributed by atoms with Crippen molar-refractivity contribution in [3.8, 4) is 0 Å². The lowest BCUT2D eigenvalue weighted by Gasteiger charge is -2.28. The van der Waals surface area contributed by atoms with E-state index in [1.54, 1.807) is 16.7 Å². The van der Waals surface area contributed by atoms with Gasteiger partial charge >= 0.3 is 6.03 Å². The summed E-state index contributed by atoms with van der Waals surface area (Å²) in [5.41, 5.74) is 1.80. The SMILES string of the molecule is CSCC[C@@H](NC(=O)N1CCS(=O)(=O)CC1)c1nc2ccccc2[nH]1. The number of fused-ring (bicyclic) bond motifs is 1. The fourth-order valence-corrected chi connectivity index (χ4v) is 4.48. The smallest absolute Gasteiger partial charge is 0.318 e. The van der Waals surface area contributed by atoms with Crippen LogP contribution < -0.4 is 5.32 Å². The van der Waals surface area contributed by atoms with Crippen LogP contribution in [0, 0.1) is 0 Å². The van der Waals surface area contributed by atoms with E-state index in [4.69, 9.17) is 0 Å². The van der Waals surface area contributed by atoms with Gasteiger partial charge in [0.25, 0.3) is 0 Å². The van der Waals surface area contributed by atoms with Crippen molar-refractivity contribution in [2.24, 2.45) is 0 Å². The van der Waals surface area contributed by atoms with Crippen molar-refractivity contribution in [1.82, 2.24) is 20.2 Å². The zero-order valence-electron chi connectivity index (χ0n) is 14.1. The van der Waals surface area contributed by atoms with Gasteiger partial charge in [0.05, 0.1) is 28.6 Å². The number of amides is 2. The number of nitrogens with one attached hydrogen (secondary N) is 2. The molecular weight excluding hydrogens is 360 g/mol. The molecule has 1 aliphatic heterocycles. The Labute approximate surface area is 151 Å². The fraction of sp³-hybridized carbons (Fsp3) is 0.500. The van der Waals surface area contributed by atoms with Crippen LogP contribution in [0.4, 0.5) is 4.79 Å². The highest BCUT2D eigenvalue weighted by atomic mass is 32.2. The van der Waals surface area contributed by atoms with Crippen molar-refractivity contribution < 1.29 is 13.2 Å². The zero-order chi connectivity index (χ0) is 17.9.